The standard InChI is InChI=1S/C14H15F3N2O3S/c15-14(16,17)11-7-10(6-5-9(11)8-18)23(21,22)19-12-3-1-2-4-13(12)20/h5-7,12-13,19-20H,1-4H2/t12-,13+/m1/s1. The summed E-state index contributed by atoms with van der Waals surface area (Å²) in [4.78, 5) is -0.582. The van der Waals surface area contributed by atoms with Crippen LogP contribution in [-0.4, -0.2) is 25.7 Å². The van der Waals surface area contributed by atoms with Crippen molar-refractivity contribution < 1.29 is 26.7 Å². The zero-order valence-electron chi connectivity index (χ0n) is 12.0. The van der Waals surface area contributed by atoms with Crippen molar-refractivity contribution in [2.24, 2.45) is 0 Å². The van der Waals surface area contributed by atoms with Gasteiger partial charge in [-0.15, -0.1) is 0 Å². The lowest BCUT2D eigenvalue weighted by molar-refractivity contribution is -0.137. The number of benzene rings is 1. The Labute approximate surface area is 131 Å². The molecule has 2 atom stereocenters. The Hall–Kier alpha value is -1.63. The van der Waals surface area contributed by atoms with Gasteiger partial charge in [0.15, 0.2) is 0 Å². The molecule has 5 nitrogen and oxygen atoms in total. The van der Waals surface area contributed by atoms with Crippen LogP contribution in [0.4, 0.5) is 13.2 Å². The first-order valence-corrected chi connectivity index (χ1v) is 8.45. The van der Waals surface area contributed by atoms with E-state index in [4.69, 9.17) is 5.26 Å². The Kier molecular flexibility index (Phi) is 4.98. The first kappa shape index (κ1) is 17.7. The predicted octanol–water partition coefficient (Wildman–Crippen LogP) is 2.16. The van der Waals surface area contributed by atoms with Gasteiger partial charge in [-0.2, -0.15) is 18.4 Å². The fourth-order valence-electron chi connectivity index (χ4n) is 2.54. The van der Waals surface area contributed by atoms with Crippen LogP contribution >= 0.6 is 0 Å². The summed E-state index contributed by atoms with van der Waals surface area (Å²) in [7, 11) is -4.22. The summed E-state index contributed by atoms with van der Waals surface area (Å²) in [6, 6.07) is 2.89. The van der Waals surface area contributed by atoms with Gasteiger partial charge in [-0.25, -0.2) is 13.1 Å². The van der Waals surface area contributed by atoms with Gasteiger partial charge in [0.05, 0.1) is 28.2 Å². The molecule has 0 saturated heterocycles. The van der Waals surface area contributed by atoms with Gasteiger partial charge >= 0.3 is 6.18 Å². The Morgan fingerprint density at radius 1 is 1.26 bits per heavy atom. The molecule has 0 radical (unpaired) electrons. The van der Waals surface area contributed by atoms with Crippen molar-refractivity contribution in [3.05, 3.63) is 29.3 Å². The number of nitriles is 1. The maximum absolute atomic E-state index is 12.9. The summed E-state index contributed by atoms with van der Waals surface area (Å²) in [6.07, 6.45) is -3.34. The lowest BCUT2D eigenvalue weighted by atomic mass is 9.93. The average molecular weight is 348 g/mol. The minimum atomic E-state index is -4.83. The van der Waals surface area contributed by atoms with E-state index in [1.165, 1.54) is 6.07 Å². The summed E-state index contributed by atoms with van der Waals surface area (Å²) in [5.41, 5.74) is -1.94. The molecule has 126 valence electrons. The highest BCUT2D eigenvalue weighted by molar-refractivity contribution is 7.89. The van der Waals surface area contributed by atoms with Crippen molar-refractivity contribution in [1.29, 1.82) is 5.26 Å². The number of aliphatic hydroxyl groups excluding tert-OH is 1. The van der Waals surface area contributed by atoms with Crippen LogP contribution in [0.15, 0.2) is 23.1 Å². The van der Waals surface area contributed by atoms with E-state index in [9.17, 15) is 26.7 Å². The van der Waals surface area contributed by atoms with E-state index in [1.54, 1.807) is 0 Å². The van der Waals surface area contributed by atoms with E-state index in [0.29, 0.717) is 18.9 Å². The topological polar surface area (TPSA) is 90.2 Å². The molecule has 2 N–H and O–H groups in total. The SMILES string of the molecule is N#Cc1ccc(S(=O)(=O)N[C@@H]2CCCC[C@@H]2O)cc1C(F)(F)F. The molecule has 1 aromatic carbocycles. The van der Waals surface area contributed by atoms with Crippen LogP contribution in [0.1, 0.15) is 36.8 Å². The maximum Gasteiger partial charge on any atom is 0.417 e. The number of sulfonamides is 1. The van der Waals surface area contributed by atoms with Gasteiger partial charge in [0.2, 0.25) is 10.0 Å². The van der Waals surface area contributed by atoms with Crippen LogP contribution in [0, 0.1) is 11.3 Å². The molecule has 23 heavy (non-hydrogen) atoms. The van der Waals surface area contributed by atoms with Crippen molar-refractivity contribution in [2.75, 3.05) is 0 Å². The van der Waals surface area contributed by atoms with Gasteiger partial charge in [-0.05, 0) is 31.0 Å². The molecule has 0 heterocycles. The smallest absolute Gasteiger partial charge is 0.391 e. The molecule has 1 aliphatic rings. The normalized spacial score (nSPS) is 22.6. The molecule has 9 heteroatoms. The fourth-order valence-corrected chi connectivity index (χ4v) is 3.87. The van der Waals surface area contributed by atoms with Gasteiger partial charge in [-0.1, -0.05) is 12.8 Å². The number of alkyl halides is 3. The van der Waals surface area contributed by atoms with E-state index < -0.39 is 44.4 Å². The molecular weight excluding hydrogens is 333 g/mol. The number of hydrogen-bond acceptors (Lipinski definition) is 4. The summed E-state index contributed by atoms with van der Waals surface area (Å²) in [6.45, 7) is 0. The van der Waals surface area contributed by atoms with Crippen molar-refractivity contribution in [2.45, 2.75) is 48.9 Å². The van der Waals surface area contributed by atoms with Crippen molar-refractivity contribution >= 4 is 10.0 Å². The summed E-state index contributed by atoms with van der Waals surface area (Å²) in [5, 5.41) is 18.5. The maximum atomic E-state index is 12.9. The predicted molar refractivity (Wildman–Crippen MR) is 74.7 cm³/mol. The molecule has 1 aromatic rings. The molecule has 0 spiro atoms. The third kappa shape index (κ3) is 4.02. The second-order valence-corrected chi connectivity index (χ2v) is 7.11. The molecule has 0 unspecified atom stereocenters. The first-order valence-electron chi connectivity index (χ1n) is 6.97. The number of rotatable bonds is 3. The van der Waals surface area contributed by atoms with Gasteiger partial charge in [0, 0.05) is 6.04 Å². The third-order valence-electron chi connectivity index (χ3n) is 3.76. The van der Waals surface area contributed by atoms with Crippen LogP contribution in [0.3, 0.4) is 0 Å². The second-order valence-electron chi connectivity index (χ2n) is 5.40. The molecule has 2 rings (SSSR count). The van der Waals surface area contributed by atoms with E-state index in [0.717, 1.165) is 25.0 Å². The quantitative estimate of drug-likeness (QED) is 0.876. The van der Waals surface area contributed by atoms with Crippen LogP contribution < -0.4 is 4.72 Å². The number of hydrogen-bond donors (Lipinski definition) is 2. The highest BCUT2D eigenvalue weighted by atomic mass is 32.2. The van der Waals surface area contributed by atoms with Crippen LogP contribution in [0.2, 0.25) is 0 Å². The molecule has 0 amide bonds. The number of nitrogens with zero attached hydrogens (tertiary/aromatic N) is 1. The Morgan fingerprint density at radius 3 is 2.48 bits per heavy atom. The lowest BCUT2D eigenvalue weighted by Crippen LogP contribution is -2.45. The molecule has 0 bridgehead atoms. The minimum absolute atomic E-state index is 0.419. The van der Waals surface area contributed by atoms with E-state index >= 15 is 0 Å². The highest BCUT2D eigenvalue weighted by Crippen LogP contribution is 2.33. The first-order chi connectivity index (χ1) is 10.6. The van der Waals surface area contributed by atoms with Crippen LogP contribution in [0.5, 0.6) is 0 Å². The molecule has 0 aromatic heterocycles. The minimum Gasteiger partial charge on any atom is -0.391 e. The molecule has 1 fully saturated rings. The molecular formula is C14H15F3N2O3S. The fraction of sp³-hybridized carbons (Fsp3) is 0.500. The van der Waals surface area contributed by atoms with E-state index in [1.807, 2.05) is 0 Å². The van der Waals surface area contributed by atoms with E-state index in [-0.39, 0.29) is 0 Å². The Morgan fingerprint density at radius 2 is 1.91 bits per heavy atom. The lowest BCUT2D eigenvalue weighted by Gasteiger charge is -2.28. The van der Waals surface area contributed by atoms with Gasteiger partial charge < -0.3 is 5.11 Å². The summed E-state index contributed by atoms with van der Waals surface area (Å²) >= 11 is 0. The van der Waals surface area contributed by atoms with Crippen LogP contribution in [-0.2, 0) is 16.2 Å². The van der Waals surface area contributed by atoms with Crippen molar-refractivity contribution in [3.63, 3.8) is 0 Å². The van der Waals surface area contributed by atoms with Crippen molar-refractivity contribution in [1.82, 2.24) is 4.72 Å². The second kappa shape index (κ2) is 6.47. The molecule has 0 aliphatic heterocycles. The Bertz CT molecular complexity index is 726. The van der Waals surface area contributed by atoms with Gasteiger partial charge in [0.25, 0.3) is 0 Å². The zero-order valence-corrected chi connectivity index (χ0v) is 12.8. The third-order valence-corrected chi connectivity index (χ3v) is 5.25. The van der Waals surface area contributed by atoms with Gasteiger partial charge in [0.1, 0.15) is 0 Å². The molecule has 1 aliphatic carbocycles. The number of nitrogens with one attached hydrogen (secondary N) is 1. The Balaban J connectivity index is 2.35. The number of aliphatic hydroxyl groups is 1. The largest absolute Gasteiger partial charge is 0.417 e. The monoisotopic (exact) mass is 348 g/mol. The van der Waals surface area contributed by atoms with Gasteiger partial charge in [-0.3, -0.25) is 0 Å². The average Bonchev–Trinajstić information content (AvgIpc) is 2.48. The summed E-state index contributed by atoms with van der Waals surface area (Å²) in [5.74, 6) is 0. The van der Waals surface area contributed by atoms with Crippen LogP contribution in [0.25, 0.3) is 0 Å². The highest BCUT2D eigenvalue weighted by Gasteiger charge is 2.35. The zero-order chi connectivity index (χ0) is 17.3. The van der Waals surface area contributed by atoms with Crippen molar-refractivity contribution in [3.8, 4) is 6.07 Å². The molecule has 1 saturated carbocycles. The number of halogens is 3. The van der Waals surface area contributed by atoms with E-state index in [2.05, 4.69) is 4.72 Å². The summed E-state index contributed by atoms with van der Waals surface area (Å²) < 4.78 is 65.5.